The molecule has 0 aliphatic rings. The minimum atomic E-state index is 0.130. The molecule has 0 fully saturated rings. The number of hydrogen-bond acceptors (Lipinski definition) is 4. The van der Waals surface area contributed by atoms with E-state index in [0.29, 0.717) is 0 Å². The maximum Gasteiger partial charge on any atom is 0.142 e. The van der Waals surface area contributed by atoms with Crippen molar-refractivity contribution in [2.45, 2.75) is 39.8 Å². The second-order valence-corrected chi connectivity index (χ2v) is 6.52. The predicted octanol–water partition coefficient (Wildman–Crippen LogP) is 3.40. The Labute approximate surface area is 112 Å². The van der Waals surface area contributed by atoms with Crippen molar-refractivity contribution in [2.75, 3.05) is 0 Å². The van der Waals surface area contributed by atoms with Crippen LogP contribution in [0.2, 0.25) is 0 Å². The summed E-state index contributed by atoms with van der Waals surface area (Å²) in [4.78, 5) is 10.1. The maximum absolute atomic E-state index is 4.46. The Hall–Kier alpha value is -1.26. The SMILES string of the molecule is Cc1cccnc1-c1ncc(CNC(C)(C)C)s1. The van der Waals surface area contributed by atoms with Gasteiger partial charge in [0.15, 0.2) is 0 Å². The minimum Gasteiger partial charge on any atom is -0.307 e. The summed E-state index contributed by atoms with van der Waals surface area (Å²) in [6, 6.07) is 4.02. The number of nitrogens with zero attached hydrogens (tertiary/aromatic N) is 2. The highest BCUT2D eigenvalue weighted by Gasteiger charge is 2.11. The molecule has 0 saturated carbocycles. The molecule has 96 valence electrons. The lowest BCUT2D eigenvalue weighted by Gasteiger charge is -2.19. The monoisotopic (exact) mass is 261 g/mol. The fourth-order valence-electron chi connectivity index (χ4n) is 1.56. The van der Waals surface area contributed by atoms with Crippen LogP contribution in [0.1, 0.15) is 31.2 Å². The third-order valence-electron chi connectivity index (χ3n) is 2.56. The lowest BCUT2D eigenvalue weighted by molar-refractivity contribution is 0.426. The standard InChI is InChI=1S/C14H19N3S/c1-10-6-5-7-15-12(10)13-16-8-11(18-13)9-17-14(2,3)4/h5-8,17H,9H2,1-4H3. The van der Waals surface area contributed by atoms with E-state index < -0.39 is 0 Å². The molecule has 3 nitrogen and oxygen atoms in total. The van der Waals surface area contributed by atoms with Crippen LogP contribution in [-0.2, 0) is 6.54 Å². The van der Waals surface area contributed by atoms with Gasteiger partial charge in [-0.15, -0.1) is 11.3 Å². The molecule has 0 bridgehead atoms. The van der Waals surface area contributed by atoms with Crippen LogP contribution >= 0.6 is 11.3 Å². The summed E-state index contributed by atoms with van der Waals surface area (Å²) < 4.78 is 0. The fourth-order valence-corrected chi connectivity index (χ4v) is 2.47. The molecule has 0 radical (unpaired) electrons. The van der Waals surface area contributed by atoms with Crippen molar-refractivity contribution >= 4 is 11.3 Å². The van der Waals surface area contributed by atoms with E-state index in [-0.39, 0.29) is 5.54 Å². The fraction of sp³-hybridized carbons (Fsp3) is 0.429. The number of thiazole rings is 1. The third-order valence-corrected chi connectivity index (χ3v) is 3.56. The van der Waals surface area contributed by atoms with Gasteiger partial charge in [-0.05, 0) is 39.3 Å². The van der Waals surface area contributed by atoms with Crippen LogP contribution in [0.15, 0.2) is 24.5 Å². The topological polar surface area (TPSA) is 37.8 Å². The second kappa shape index (κ2) is 5.16. The van der Waals surface area contributed by atoms with E-state index in [1.54, 1.807) is 11.3 Å². The molecule has 1 N–H and O–H groups in total. The Morgan fingerprint density at radius 2 is 2.06 bits per heavy atom. The van der Waals surface area contributed by atoms with E-state index >= 15 is 0 Å². The Morgan fingerprint density at radius 1 is 1.28 bits per heavy atom. The third kappa shape index (κ3) is 3.37. The molecule has 2 aromatic rings. The molecular formula is C14H19N3S. The molecule has 0 unspecified atom stereocenters. The summed E-state index contributed by atoms with van der Waals surface area (Å²) in [7, 11) is 0. The van der Waals surface area contributed by atoms with Crippen LogP contribution in [0, 0.1) is 6.92 Å². The highest BCUT2D eigenvalue weighted by atomic mass is 32.1. The van der Waals surface area contributed by atoms with Gasteiger partial charge in [0.2, 0.25) is 0 Å². The lowest BCUT2D eigenvalue weighted by Crippen LogP contribution is -2.34. The van der Waals surface area contributed by atoms with Crippen molar-refractivity contribution in [3.63, 3.8) is 0 Å². The van der Waals surface area contributed by atoms with Gasteiger partial charge in [0.1, 0.15) is 10.7 Å². The normalized spacial score (nSPS) is 11.8. The molecule has 2 rings (SSSR count). The zero-order valence-electron chi connectivity index (χ0n) is 11.3. The van der Waals surface area contributed by atoms with Crippen molar-refractivity contribution in [3.8, 4) is 10.7 Å². The average Bonchev–Trinajstić information content (AvgIpc) is 2.75. The second-order valence-electron chi connectivity index (χ2n) is 5.40. The first kappa shape index (κ1) is 13.2. The molecule has 0 aliphatic carbocycles. The molecule has 0 atom stereocenters. The van der Waals surface area contributed by atoms with Crippen LogP contribution in [-0.4, -0.2) is 15.5 Å². The summed E-state index contributed by atoms with van der Waals surface area (Å²) >= 11 is 1.70. The van der Waals surface area contributed by atoms with Gasteiger partial charge in [0.25, 0.3) is 0 Å². The minimum absolute atomic E-state index is 0.130. The largest absolute Gasteiger partial charge is 0.307 e. The molecule has 0 amide bonds. The number of pyridine rings is 1. The van der Waals surface area contributed by atoms with Crippen molar-refractivity contribution in [3.05, 3.63) is 35.0 Å². The Kier molecular flexibility index (Phi) is 3.78. The number of hydrogen-bond donors (Lipinski definition) is 1. The Balaban J connectivity index is 2.14. The van der Waals surface area contributed by atoms with Crippen molar-refractivity contribution in [2.24, 2.45) is 0 Å². The van der Waals surface area contributed by atoms with E-state index in [9.17, 15) is 0 Å². The van der Waals surface area contributed by atoms with Gasteiger partial charge in [0.05, 0.1) is 0 Å². The van der Waals surface area contributed by atoms with Gasteiger partial charge in [-0.25, -0.2) is 4.98 Å². The first-order chi connectivity index (χ1) is 8.46. The van der Waals surface area contributed by atoms with Crippen LogP contribution in [0.3, 0.4) is 0 Å². The number of aromatic nitrogens is 2. The van der Waals surface area contributed by atoms with Gasteiger partial charge < -0.3 is 5.32 Å². The van der Waals surface area contributed by atoms with Crippen LogP contribution in [0.4, 0.5) is 0 Å². The first-order valence-electron chi connectivity index (χ1n) is 6.07. The molecule has 18 heavy (non-hydrogen) atoms. The summed E-state index contributed by atoms with van der Waals surface area (Å²) in [5.41, 5.74) is 2.29. The molecule has 2 aromatic heterocycles. The smallest absolute Gasteiger partial charge is 0.142 e. The van der Waals surface area contributed by atoms with Gasteiger partial charge in [-0.3, -0.25) is 4.98 Å². The van der Waals surface area contributed by atoms with Gasteiger partial charge >= 0.3 is 0 Å². The Bertz CT molecular complexity index is 526. The van der Waals surface area contributed by atoms with Gasteiger partial charge in [-0.2, -0.15) is 0 Å². The summed E-state index contributed by atoms with van der Waals surface area (Å²) in [6.07, 6.45) is 3.75. The molecule has 4 heteroatoms. The van der Waals surface area contributed by atoms with E-state index in [4.69, 9.17) is 0 Å². The zero-order valence-corrected chi connectivity index (χ0v) is 12.1. The summed E-state index contributed by atoms with van der Waals surface area (Å²) in [6.45, 7) is 9.41. The van der Waals surface area contributed by atoms with Crippen LogP contribution in [0.25, 0.3) is 10.7 Å². The molecule has 0 aromatic carbocycles. The molecule has 0 saturated heterocycles. The van der Waals surface area contributed by atoms with E-state index in [1.807, 2.05) is 18.5 Å². The maximum atomic E-state index is 4.46. The highest BCUT2D eigenvalue weighted by Crippen LogP contribution is 2.25. The molecule has 0 aliphatic heterocycles. The van der Waals surface area contributed by atoms with Crippen LogP contribution in [0.5, 0.6) is 0 Å². The van der Waals surface area contributed by atoms with Crippen LogP contribution < -0.4 is 5.32 Å². The predicted molar refractivity (Wildman–Crippen MR) is 76.7 cm³/mol. The summed E-state index contributed by atoms with van der Waals surface area (Å²) in [5.74, 6) is 0. The van der Waals surface area contributed by atoms with Crippen molar-refractivity contribution < 1.29 is 0 Å². The van der Waals surface area contributed by atoms with Crippen molar-refractivity contribution in [1.29, 1.82) is 0 Å². The van der Waals surface area contributed by atoms with Gasteiger partial charge in [-0.1, -0.05) is 6.07 Å². The summed E-state index contributed by atoms with van der Waals surface area (Å²) in [5, 5.41) is 4.47. The zero-order chi connectivity index (χ0) is 13.2. The van der Waals surface area contributed by atoms with E-state index in [1.165, 1.54) is 10.4 Å². The van der Waals surface area contributed by atoms with Gasteiger partial charge in [0, 0.05) is 29.4 Å². The highest BCUT2D eigenvalue weighted by molar-refractivity contribution is 7.15. The quantitative estimate of drug-likeness (QED) is 0.920. The number of aryl methyl sites for hydroxylation is 1. The Morgan fingerprint density at radius 3 is 2.72 bits per heavy atom. The lowest BCUT2D eigenvalue weighted by atomic mass is 10.1. The number of nitrogens with one attached hydrogen (secondary N) is 1. The molecule has 0 spiro atoms. The molecule has 2 heterocycles. The van der Waals surface area contributed by atoms with E-state index in [0.717, 1.165) is 17.2 Å². The van der Waals surface area contributed by atoms with Crippen molar-refractivity contribution in [1.82, 2.24) is 15.3 Å². The average molecular weight is 261 g/mol. The van der Waals surface area contributed by atoms with E-state index in [2.05, 4.69) is 49.0 Å². The number of rotatable bonds is 3. The first-order valence-corrected chi connectivity index (χ1v) is 6.89. The molecular weight excluding hydrogens is 242 g/mol.